The molecule has 2 rings (SSSR count). The minimum absolute atomic E-state index is 0. The van der Waals surface area contributed by atoms with Gasteiger partial charge in [-0.15, -0.1) is 24.0 Å². The number of hydrogen-bond acceptors (Lipinski definition) is 5. The highest BCUT2D eigenvalue weighted by Crippen LogP contribution is 2.13. The number of nitrogens with one attached hydrogen (secondary N) is 2. The molecule has 0 fully saturated rings. The van der Waals surface area contributed by atoms with Gasteiger partial charge in [-0.2, -0.15) is 0 Å². The van der Waals surface area contributed by atoms with E-state index in [4.69, 9.17) is 9.26 Å². The van der Waals surface area contributed by atoms with Crippen LogP contribution in [-0.4, -0.2) is 30.3 Å². The van der Waals surface area contributed by atoms with Crippen molar-refractivity contribution in [1.29, 1.82) is 0 Å². The molecule has 2 aromatic heterocycles. The minimum atomic E-state index is 0. The Kier molecular flexibility index (Phi) is 8.51. The van der Waals surface area contributed by atoms with Crippen LogP contribution in [0.5, 0.6) is 5.88 Å². The normalized spacial score (nSPS) is 11.1. The van der Waals surface area contributed by atoms with Crippen molar-refractivity contribution in [2.45, 2.75) is 32.9 Å². The largest absolute Gasteiger partial charge is 0.481 e. The van der Waals surface area contributed by atoms with Crippen LogP contribution in [0.2, 0.25) is 0 Å². The zero-order valence-corrected chi connectivity index (χ0v) is 16.7. The fraction of sp³-hybridized carbons (Fsp3) is 0.438. The van der Waals surface area contributed by atoms with E-state index in [1.807, 2.05) is 18.2 Å². The molecule has 0 aliphatic carbocycles. The molecule has 2 aromatic rings. The predicted molar refractivity (Wildman–Crippen MR) is 104 cm³/mol. The first-order chi connectivity index (χ1) is 11.1. The van der Waals surface area contributed by atoms with Crippen LogP contribution >= 0.6 is 24.0 Å². The molecule has 0 saturated carbocycles. The number of aliphatic imine (C=N–C) groups is 1. The monoisotopic (exact) mass is 445 g/mol. The Bertz CT molecular complexity index is 640. The number of rotatable bonds is 6. The Balaban J connectivity index is 0.00000288. The number of hydrogen-bond donors (Lipinski definition) is 2. The van der Waals surface area contributed by atoms with E-state index in [1.165, 1.54) is 0 Å². The third kappa shape index (κ3) is 5.99. The van der Waals surface area contributed by atoms with Crippen molar-refractivity contribution >= 4 is 29.9 Å². The van der Waals surface area contributed by atoms with Crippen LogP contribution in [0.15, 0.2) is 33.9 Å². The van der Waals surface area contributed by atoms with Gasteiger partial charge in [0.25, 0.3) is 0 Å². The number of halogens is 1. The summed E-state index contributed by atoms with van der Waals surface area (Å²) in [7, 11) is 3.32. The van der Waals surface area contributed by atoms with Crippen molar-refractivity contribution in [3.63, 3.8) is 0 Å². The summed E-state index contributed by atoms with van der Waals surface area (Å²) in [5.41, 5.74) is 1.99. The van der Waals surface area contributed by atoms with E-state index in [0.29, 0.717) is 30.8 Å². The van der Waals surface area contributed by atoms with E-state index in [2.05, 4.69) is 39.6 Å². The molecule has 0 unspecified atom stereocenters. The lowest BCUT2D eigenvalue weighted by Crippen LogP contribution is -2.36. The first-order valence-corrected chi connectivity index (χ1v) is 7.51. The van der Waals surface area contributed by atoms with Gasteiger partial charge in [0.1, 0.15) is 0 Å². The Hall–Kier alpha value is -1.84. The van der Waals surface area contributed by atoms with Crippen LogP contribution in [0.1, 0.15) is 36.8 Å². The quantitative estimate of drug-likeness (QED) is 0.404. The fourth-order valence-corrected chi connectivity index (χ4v) is 1.90. The van der Waals surface area contributed by atoms with E-state index in [-0.39, 0.29) is 24.0 Å². The molecule has 0 amide bonds. The van der Waals surface area contributed by atoms with Crippen LogP contribution in [0.25, 0.3) is 0 Å². The Morgan fingerprint density at radius 3 is 2.58 bits per heavy atom. The van der Waals surface area contributed by atoms with Gasteiger partial charge < -0.3 is 19.9 Å². The van der Waals surface area contributed by atoms with Gasteiger partial charge in [-0.3, -0.25) is 4.99 Å². The van der Waals surface area contributed by atoms with Crippen LogP contribution in [0.3, 0.4) is 0 Å². The van der Waals surface area contributed by atoms with Gasteiger partial charge in [0.15, 0.2) is 11.7 Å². The Morgan fingerprint density at radius 2 is 2.04 bits per heavy atom. The second-order valence-corrected chi connectivity index (χ2v) is 5.36. The summed E-state index contributed by atoms with van der Waals surface area (Å²) in [6, 6.07) is 5.74. The van der Waals surface area contributed by atoms with Crippen molar-refractivity contribution in [2.24, 2.45) is 4.99 Å². The highest BCUT2D eigenvalue weighted by molar-refractivity contribution is 14.0. The van der Waals surface area contributed by atoms with E-state index in [0.717, 1.165) is 17.0 Å². The van der Waals surface area contributed by atoms with Gasteiger partial charge in [-0.25, -0.2) is 4.98 Å². The molecule has 0 saturated heterocycles. The van der Waals surface area contributed by atoms with Crippen molar-refractivity contribution in [3.05, 3.63) is 41.4 Å². The summed E-state index contributed by atoms with van der Waals surface area (Å²) in [5.74, 6) is 2.42. The lowest BCUT2D eigenvalue weighted by atomic mass is 10.1. The highest BCUT2D eigenvalue weighted by atomic mass is 127. The molecule has 7 nitrogen and oxygen atoms in total. The van der Waals surface area contributed by atoms with E-state index in [9.17, 15) is 0 Å². The van der Waals surface area contributed by atoms with Crippen molar-refractivity contribution in [2.75, 3.05) is 14.2 Å². The SMILES string of the molecule is CN=C(NCc1ccc(OC)nc1)NCc1cc(C(C)C)no1.I. The summed E-state index contributed by atoms with van der Waals surface area (Å²) in [6.45, 7) is 5.31. The van der Waals surface area contributed by atoms with Crippen LogP contribution < -0.4 is 15.4 Å². The van der Waals surface area contributed by atoms with Gasteiger partial charge in [-0.1, -0.05) is 25.1 Å². The van der Waals surface area contributed by atoms with E-state index >= 15 is 0 Å². The summed E-state index contributed by atoms with van der Waals surface area (Å²) >= 11 is 0. The second-order valence-electron chi connectivity index (χ2n) is 5.36. The molecule has 8 heteroatoms. The molecule has 0 radical (unpaired) electrons. The highest BCUT2D eigenvalue weighted by Gasteiger charge is 2.08. The summed E-state index contributed by atoms with van der Waals surface area (Å²) < 4.78 is 10.3. The maximum Gasteiger partial charge on any atom is 0.212 e. The average Bonchev–Trinajstić information content (AvgIpc) is 3.05. The number of nitrogens with zero attached hydrogens (tertiary/aromatic N) is 3. The number of methoxy groups -OCH3 is 1. The zero-order valence-electron chi connectivity index (χ0n) is 14.4. The fourth-order valence-electron chi connectivity index (χ4n) is 1.90. The molecule has 0 bridgehead atoms. The number of aromatic nitrogens is 2. The number of guanidine groups is 1. The molecule has 0 atom stereocenters. The zero-order chi connectivity index (χ0) is 16.7. The van der Waals surface area contributed by atoms with Gasteiger partial charge >= 0.3 is 0 Å². The molecule has 2 N–H and O–H groups in total. The molecule has 0 aromatic carbocycles. The lowest BCUT2D eigenvalue weighted by molar-refractivity contribution is 0.372. The average molecular weight is 445 g/mol. The summed E-state index contributed by atoms with van der Waals surface area (Å²) in [5, 5.41) is 10.4. The van der Waals surface area contributed by atoms with Crippen LogP contribution in [0, 0.1) is 0 Å². The summed E-state index contributed by atoms with van der Waals surface area (Å²) in [4.78, 5) is 8.35. The van der Waals surface area contributed by atoms with Crippen molar-refractivity contribution in [1.82, 2.24) is 20.8 Å². The molecular weight excluding hydrogens is 421 g/mol. The number of ether oxygens (including phenoxy) is 1. The molecular formula is C16H24IN5O2. The minimum Gasteiger partial charge on any atom is -0.481 e. The topological polar surface area (TPSA) is 84.6 Å². The third-order valence-corrected chi connectivity index (χ3v) is 3.29. The van der Waals surface area contributed by atoms with Crippen molar-refractivity contribution in [3.8, 4) is 5.88 Å². The standard InChI is InChI=1S/C16H23N5O2.HI/c1-11(2)14-7-13(23-21-14)10-20-16(17-3)19-9-12-5-6-15(22-4)18-8-12;/h5-8,11H,9-10H2,1-4H3,(H2,17,19,20);1H. The molecule has 0 aliphatic rings. The first kappa shape index (κ1) is 20.2. The molecule has 2 heterocycles. The van der Waals surface area contributed by atoms with E-state index in [1.54, 1.807) is 20.4 Å². The second kappa shape index (κ2) is 10.1. The van der Waals surface area contributed by atoms with E-state index < -0.39 is 0 Å². The van der Waals surface area contributed by atoms with Gasteiger partial charge in [0.05, 0.1) is 19.3 Å². The third-order valence-electron chi connectivity index (χ3n) is 3.29. The maximum absolute atomic E-state index is 5.29. The maximum atomic E-state index is 5.29. The molecule has 132 valence electrons. The van der Waals surface area contributed by atoms with Gasteiger partial charge in [0.2, 0.25) is 5.88 Å². The molecule has 0 aliphatic heterocycles. The number of pyridine rings is 1. The molecule has 24 heavy (non-hydrogen) atoms. The first-order valence-electron chi connectivity index (χ1n) is 7.51. The lowest BCUT2D eigenvalue weighted by Gasteiger charge is -2.10. The smallest absolute Gasteiger partial charge is 0.212 e. The molecule has 0 spiro atoms. The van der Waals surface area contributed by atoms with Gasteiger partial charge in [0, 0.05) is 31.9 Å². The van der Waals surface area contributed by atoms with Crippen molar-refractivity contribution < 1.29 is 9.26 Å². The summed E-state index contributed by atoms with van der Waals surface area (Å²) in [6.07, 6.45) is 1.77. The Labute approximate surface area is 159 Å². The van der Waals surface area contributed by atoms with Crippen LogP contribution in [0.4, 0.5) is 0 Å². The predicted octanol–water partition coefficient (Wildman–Crippen LogP) is 2.68. The van der Waals surface area contributed by atoms with Crippen LogP contribution in [-0.2, 0) is 13.1 Å². The van der Waals surface area contributed by atoms with Gasteiger partial charge in [-0.05, 0) is 11.5 Å². The Morgan fingerprint density at radius 1 is 1.29 bits per heavy atom.